The lowest BCUT2D eigenvalue weighted by Gasteiger charge is -2.09. The van der Waals surface area contributed by atoms with Gasteiger partial charge in [-0.25, -0.2) is 4.98 Å². The van der Waals surface area contributed by atoms with Gasteiger partial charge in [-0.3, -0.25) is 4.79 Å². The van der Waals surface area contributed by atoms with Gasteiger partial charge in [0.15, 0.2) is 5.13 Å². The monoisotopic (exact) mass is 252 g/mol. The normalized spacial score (nSPS) is 15.1. The number of aryl methyl sites for hydroxylation is 2. The molecule has 3 rings (SSSR count). The number of aromatic nitrogens is 1. The molecule has 0 bridgehead atoms. The zero-order valence-corrected chi connectivity index (χ0v) is 10.6. The second-order valence-electron chi connectivity index (χ2n) is 4.05. The van der Waals surface area contributed by atoms with Crippen LogP contribution in [0.4, 0.5) is 5.13 Å². The number of carbonyl (C=O) groups excluding carboxylic acids is 1. The molecule has 16 heavy (non-hydrogen) atoms. The number of thiazole rings is 1. The summed E-state index contributed by atoms with van der Waals surface area (Å²) in [6, 6.07) is 0. The Morgan fingerprint density at radius 3 is 2.94 bits per heavy atom. The van der Waals surface area contributed by atoms with Crippen LogP contribution < -0.4 is 5.32 Å². The largest absolute Gasteiger partial charge is 0.302 e. The molecule has 1 N–H and O–H groups in total. The van der Waals surface area contributed by atoms with Crippen molar-refractivity contribution in [3.8, 4) is 0 Å². The van der Waals surface area contributed by atoms with E-state index in [1.54, 1.807) is 22.7 Å². The highest BCUT2D eigenvalue weighted by atomic mass is 32.1. The van der Waals surface area contributed by atoms with E-state index in [0.717, 1.165) is 9.96 Å². The van der Waals surface area contributed by atoms with E-state index in [1.165, 1.54) is 47.7 Å². The van der Waals surface area contributed by atoms with E-state index in [-0.39, 0.29) is 5.91 Å². The highest BCUT2D eigenvalue weighted by Gasteiger charge is 2.19. The predicted octanol–water partition coefficient (Wildman–Crippen LogP) is 3.20. The third-order valence-electron chi connectivity index (χ3n) is 2.79. The molecule has 2 aromatic rings. The van der Waals surface area contributed by atoms with Crippen LogP contribution in [0.1, 0.15) is 30.2 Å². The van der Waals surface area contributed by atoms with Gasteiger partial charge >= 0.3 is 0 Å². The fourth-order valence-electron chi connectivity index (χ4n) is 2.12. The van der Waals surface area contributed by atoms with Crippen LogP contribution >= 0.6 is 22.7 Å². The number of nitrogens with one attached hydrogen (secondary N) is 1. The fourth-order valence-corrected chi connectivity index (χ4v) is 4.66. The lowest BCUT2D eigenvalue weighted by Crippen LogP contribution is -2.04. The molecule has 0 saturated carbocycles. The van der Waals surface area contributed by atoms with Crippen molar-refractivity contribution in [2.45, 2.75) is 32.6 Å². The van der Waals surface area contributed by atoms with Crippen molar-refractivity contribution in [1.82, 2.24) is 4.98 Å². The first-order valence-electron chi connectivity index (χ1n) is 5.42. The first-order chi connectivity index (χ1) is 7.74. The van der Waals surface area contributed by atoms with Crippen LogP contribution in [0.2, 0.25) is 0 Å². The van der Waals surface area contributed by atoms with Crippen molar-refractivity contribution >= 4 is 43.2 Å². The number of fused-ring (bicyclic) bond motifs is 3. The summed E-state index contributed by atoms with van der Waals surface area (Å²) in [6.07, 6.45) is 4.97. The van der Waals surface area contributed by atoms with Crippen LogP contribution in [-0.2, 0) is 17.6 Å². The van der Waals surface area contributed by atoms with Gasteiger partial charge in [0, 0.05) is 11.8 Å². The minimum Gasteiger partial charge on any atom is -0.302 e. The Morgan fingerprint density at radius 2 is 2.12 bits per heavy atom. The molecule has 0 saturated heterocycles. The summed E-state index contributed by atoms with van der Waals surface area (Å²) in [5.74, 6) is -0.0460. The summed E-state index contributed by atoms with van der Waals surface area (Å²) in [6.45, 7) is 1.52. The summed E-state index contributed by atoms with van der Waals surface area (Å²) in [5.41, 5.74) is 1.49. The van der Waals surface area contributed by atoms with Crippen molar-refractivity contribution in [1.29, 1.82) is 0 Å². The third kappa shape index (κ3) is 1.64. The standard InChI is InChI=1S/C11H12N2OS2/c1-6(14)12-11-13-10-9(16-11)7-4-2-3-5-8(7)15-10/h2-5H2,1H3,(H,12,13,14). The van der Waals surface area contributed by atoms with Crippen LogP contribution in [0.25, 0.3) is 9.53 Å². The summed E-state index contributed by atoms with van der Waals surface area (Å²) >= 11 is 3.41. The van der Waals surface area contributed by atoms with Crippen LogP contribution in [-0.4, -0.2) is 10.9 Å². The zero-order chi connectivity index (χ0) is 11.1. The van der Waals surface area contributed by atoms with Gasteiger partial charge in [0.2, 0.25) is 5.91 Å². The molecule has 1 aliphatic rings. The van der Waals surface area contributed by atoms with Gasteiger partial charge in [0.05, 0.1) is 4.70 Å². The van der Waals surface area contributed by atoms with Crippen LogP contribution in [0.15, 0.2) is 0 Å². The molecule has 0 fully saturated rings. The quantitative estimate of drug-likeness (QED) is 0.847. The maximum absolute atomic E-state index is 11.0. The Morgan fingerprint density at radius 1 is 1.31 bits per heavy atom. The average Bonchev–Trinajstić information content (AvgIpc) is 2.73. The van der Waals surface area contributed by atoms with E-state index >= 15 is 0 Å². The van der Waals surface area contributed by atoms with Crippen molar-refractivity contribution in [2.24, 2.45) is 0 Å². The van der Waals surface area contributed by atoms with E-state index in [4.69, 9.17) is 0 Å². The van der Waals surface area contributed by atoms with Crippen molar-refractivity contribution < 1.29 is 4.79 Å². The Kier molecular flexibility index (Phi) is 2.44. The molecule has 1 amide bonds. The smallest absolute Gasteiger partial charge is 0.223 e. The molecule has 3 nitrogen and oxygen atoms in total. The van der Waals surface area contributed by atoms with Crippen molar-refractivity contribution in [2.75, 3.05) is 5.32 Å². The molecule has 0 aliphatic heterocycles. The molecular formula is C11H12N2OS2. The number of thiophene rings is 1. The molecule has 0 radical (unpaired) electrons. The summed E-state index contributed by atoms with van der Waals surface area (Å²) < 4.78 is 1.29. The minimum atomic E-state index is -0.0460. The molecule has 84 valence electrons. The van der Waals surface area contributed by atoms with Gasteiger partial charge < -0.3 is 5.32 Å². The Bertz CT molecular complexity index is 556. The van der Waals surface area contributed by atoms with Gasteiger partial charge in [0.1, 0.15) is 4.83 Å². The second kappa shape index (κ2) is 3.82. The van der Waals surface area contributed by atoms with E-state index < -0.39 is 0 Å². The molecular weight excluding hydrogens is 240 g/mol. The minimum absolute atomic E-state index is 0.0460. The molecule has 1 aliphatic carbocycles. The first kappa shape index (κ1) is 10.2. The van der Waals surface area contributed by atoms with Gasteiger partial charge in [-0.2, -0.15) is 0 Å². The lowest BCUT2D eigenvalue weighted by atomic mass is 10.00. The van der Waals surface area contributed by atoms with Crippen molar-refractivity contribution in [3.63, 3.8) is 0 Å². The zero-order valence-electron chi connectivity index (χ0n) is 9.00. The molecule has 0 unspecified atom stereocenters. The van der Waals surface area contributed by atoms with Crippen LogP contribution in [0.3, 0.4) is 0 Å². The summed E-state index contributed by atoms with van der Waals surface area (Å²) in [5, 5.41) is 3.50. The third-order valence-corrected chi connectivity index (χ3v) is 5.14. The second-order valence-corrected chi connectivity index (χ2v) is 6.13. The molecule has 2 heterocycles. The number of hydrogen-bond donors (Lipinski definition) is 1. The number of anilines is 1. The predicted molar refractivity (Wildman–Crippen MR) is 68.4 cm³/mol. The number of hydrogen-bond acceptors (Lipinski definition) is 4. The first-order valence-corrected chi connectivity index (χ1v) is 7.06. The molecule has 2 aromatic heterocycles. The van der Waals surface area contributed by atoms with Gasteiger partial charge in [-0.15, -0.1) is 11.3 Å². The SMILES string of the molecule is CC(=O)Nc1nc2sc3c(c2s1)CCCC3. The fraction of sp³-hybridized carbons (Fsp3) is 0.455. The highest BCUT2D eigenvalue weighted by molar-refractivity contribution is 7.29. The Balaban J connectivity index is 2.06. The maximum atomic E-state index is 11.0. The van der Waals surface area contributed by atoms with E-state index in [0.29, 0.717) is 0 Å². The van der Waals surface area contributed by atoms with E-state index in [9.17, 15) is 4.79 Å². The van der Waals surface area contributed by atoms with Gasteiger partial charge in [0.25, 0.3) is 0 Å². The molecule has 5 heteroatoms. The molecule has 0 atom stereocenters. The maximum Gasteiger partial charge on any atom is 0.223 e. The van der Waals surface area contributed by atoms with Gasteiger partial charge in [-0.1, -0.05) is 11.3 Å². The van der Waals surface area contributed by atoms with Crippen molar-refractivity contribution in [3.05, 3.63) is 10.4 Å². The topological polar surface area (TPSA) is 42.0 Å². The van der Waals surface area contributed by atoms with Gasteiger partial charge in [-0.05, 0) is 31.2 Å². The molecule has 0 aromatic carbocycles. The van der Waals surface area contributed by atoms with Crippen LogP contribution in [0, 0.1) is 0 Å². The van der Waals surface area contributed by atoms with E-state index in [1.807, 2.05) is 0 Å². The van der Waals surface area contributed by atoms with Crippen LogP contribution in [0.5, 0.6) is 0 Å². The molecule has 0 spiro atoms. The van der Waals surface area contributed by atoms with E-state index in [2.05, 4.69) is 10.3 Å². The average molecular weight is 252 g/mol. The lowest BCUT2D eigenvalue weighted by molar-refractivity contribution is -0.114. The number of carbonyl (C=O) groups is 1. The number of rotatable bonds is 1. The highest BCUT2D eigenvalue weighted by Crippen LogP contribution is 2.40. The summed E-state index contributed by atoms with van der Waals surface area (Å²) in [7, 11) is 0. The summed E-state index contributed by atoms with van der Waals surface area (Å²) in [4.78, 5) is 18.0. The Labute approximate surface area is 102 Å². The Hall–Kier alpha value is -0.940. The number of nitrogens with zero attached hydrogens (tertiary/aromatic N) is 1. The number of amides is 1.